The molecule has 3 aromatic carbocycles. The van der Waals surface area contributed by atoms with Gasteiger partial charge in [-0.3, -0.25) is 19.5 Å². The Hall–Kier alpha value is -3.69. The molecule has 0 aliphatic carbocycles. The molecule has 2 heterocycles. The lowest BCUT2D eigenvalue weighted by molar-refractivity contribution is 0.163. The SMILES string of the molecule is CS(=O)(=O)NC(=N)c1c(Cl)cc2c(c1NCC(F)F)-n1c(nc3cc(Br)ccc3c1=O)C(Cc1cc(F)cc(F)c1)N2. The van der Waals surface area contributed by atoms with E-state index >= 15 is 0 Å². The van der Waals surface area contributed by atoms with Crippen LogP contribution in [0.15, 0.2) is 51.7 Å². The monoisotopic (exact) mass is 686 g/mol. The molecule has 9 nitrogen and oxygen atoms in total. The summed E-state index contributed by atoms with van der Waals surface area (Å²) in [7, 11) is -3.98. The maximum atomic E-state index is 14.0. The zero-order chi connectivity index (χ0) is 30.5. The maximum Gasteiger partial charge on any atom is 0.266 e. The predicted molar refractivity (Wildman–Crippen MR) is 156 cm³/mol. The van der Waals surface area contributed by atoms with Crippen molar-refractivity contribution < 1.29 is 26.0 Å². The zero-order valence-corrected chi connectivity index (χ0v) is 24.6. The molecular weight excluding hydrogens is 668 g/mol. The van der Waals surface area contributed by atoms with Crippen LogP contribution in [-0.2, 0) is 16.4 Å². The molecule has 1 aliphatic rings. The van der Waals surface area contributed by atoms with Crippen LogP contribution in [0.25, 0.3) is 16.6 Å². The average Bonchev–Trinajstić information content (AvgIpc) is 2.85. The molecule has 0 saturated heterocycles. The molecule has 0 fully saturated rings. The van der Waals surface area contributed by atoms with Crippen molar-refractivity contribution in [2.45, 2.75) is 18.9 Å². The molecule has 42 heavy (non-hydrogen) atoms. The molecule has 0 bridgehead atoms. The second-order valence-corrected chi connectivity index (χ2v) is 12.5. The van der Waals surface area contributed by atoms with Crippen molar-refractivity contribution in [1.82, 2.24) is 14.3 Å². The Morgan fingerprint density at radius 3 is 2.52 bits per heavy atom. The number of anilines is 2. The quantitative estimate of drug-likeness (QED) is 0.118. The number of aromatic nitrogens is 2. The van der Waals surface area contributed by atoms with Gasteiger partial charge >= 0.3 is 0 Å². The van der Waals surface area contributed by atoms with Gasteiger partial charge in [-0.15, -0.1) is 0 Å². The molecule has 16 heteroatoms. The van der Waals surface area contributed by atoms with Gasteiger partial charge in [-0.1, -0.05) is 27.5 Å². The number of nitrogens with zero attached hydrogens (tertiary/aromatic N) is 2. The Bertz CT molecular complexity index is 1920. The van der Waals surface area contributed by atoms with Crippen LogP contribution in [0, 0.1) is 17.0 Å². The summed E-state index contributed by atoms with van der Waals surface area (Å²) in [5.41, 5.74) is -0.523. The van der Waals surface area contributed by atoms with Crippen LogP contribution < -0.4 is 20.9 Å². The summed E-state index contributed by atoms with van der Waals surface area (Å²) in [6.07, 6.45) is -2.12. The van der Waals surface area contributed by atoms with Crippen molar-refractivity contribution in [1.29, 1.82) is 5.41 Å². The number of hydrogen-bond acceptors (Lipinski definition) is 7. The third kappa shape index (κ3) is 5.94. The van der Waals surface area contributed by atoms with Gasteiger partial charge in [-0.2, -0.15) is 0 Å². The summed E-state index contributed by atoms with van der Waals surface area (Å²) < 4.78 is 82.5. The Labute approximate surface area is 249 Å². The topological polar surface area (TPSA) is 129 Å². The third-order valence-electron chi connectivity index (χ3n) is 6.31. The van der Waals surface area contributed by atoms with Crippen LogP contribution in [0.4, 0.5) is 28.9 Å². The van der Waals surface area contributed by atoms with Gasteiger partial charge in [-0.05, 0) is 42.0 Å². The summed E-state index contributed by atoms with van der Waals surface area (Å²) in [4.78, 5) is 18.7. The summed E-state index contributed by atoms with van der Waals surface area (Å²) >= 11 is 9.83. The Kier molecular flexibility index (Phi) is 7.94. The zero-order valence-electron chi connectivity index (χ0n) is 21.4. The highest BCUT2D eigenvalue weighted by Gasteiger charge is 2.33. The minimum Gasteiger partial charge on any atom is -0.377 e. The molecule has 4 aromatic rings. The summed E-state index contributed by atoms with van der Waals surface area (Å²) in [5.74, 6) is -2.28. The fourth-order valence-corrected chi connectivity index (χ4v) is 5.92. The van der Waals surface area contributed by atoms with Crippen LogP contribution in [0.5, 0.6) is 0 Å². The molecule has 1 aliphatic heterocycles. The van der Waals surface area contributed by atoms with E-state index in [1.807, 2.05) is 4.72 Å². The third-order valence-corrected chi connectivity index (χ3v) is 7.67. The Morgan fingerprint density at radius 2 is 1.88 bits per heavy atom. The normalized spacial score (nSPS) is 14.3. The summed E-state index contributed by atoms with van der Waals surface area (Å²) in [5, 5.41) is 14.0. The average molecular weight is 688 g/mol. The number of hydrogen-bond donors (Lipinski definition) is 4. The highest BCUT2D eigenvalue weighted by molar-refractivity contribution is 9.10. The van der Waals surface area contributed by atoms with Crippen molar-refractivity contribution in [3.63, 3.8) is 0 Å². The van der Waals surface area contributed by atoms with Gasteiger partial charge < -0.3 is 10.6 Å². The predicted octanol–water partition coefficient (Wildman–Crippen LogP) is 5.34. The fourth-order valence-electron chi connectivity index (χ4n) is 4.80. The van der Waals surface area contributed by atoms with Crippen molar-refractivity contribution in [2.75, 3.05) is 23.4 Å². The summed E-state index contributed by atoms with van der Waals surface area (Å²) in [6.45, 7) is -0.935. The number of rotatable bonds is 7. The highest BCUT2D eigenvalue weighted by Crippen LogP contribution is 2.43. The van der Waals surface area contributed by atoms with Gasteiger partial charge in [-0.25, -0.2) is 31.0 Å². The smallest absolute Gasteiger partial charge is 0.266 e. The van der Waals surface area contributed by atoms with Gasteiger partial charge in [0.05, 0.1) is 57.4 Å². The van der Waals surface area contributed by atoms with Crippen LogP contribution in [0.1, 0.15) is 23.0 Å². The van der Waals surface area contributed by atoms with Gasteiger partial charge in [0.1, 0.15) is 23.3 Å². The van der Waals surface area contributed by atoms with Crippen molar-refractivity contribution >= 4 is 65.7 Å². The van der Waals surface area contributed by atoms with E-state index in [1.165, 1.54) is 12.1 Å². The molecule has 1 unspecified atom stereocenters. The molecule has 1 atom stereocenters. The standard InChI is InChI=1S/C26H20BrClF4N6O3S/c1-42(40,41)37-24(33)21-16(28)9-18-23(22(21)34-10-20(31)32)38-25(36-17-7-12(27)2-3-15(17)26(38)39)19(35-18)6-11-4-13(29)8-14(30)5-11/h2-5,7-9,19-20,34-35H,6,10H2,1H3,(H2,33,37). The number of nitrogens with one attached hydrogen (secondary N) is 4. The molecule has 5 rings (SSSR count). The van der Waals surface area contributed by atoms with Crippen LogP contribution in [0.3, 0.4) is 0 Å². The van der Waals surface area contributed by atoms with E-state index in [1.54, 1.807) is 12.1 Å². The fraction of sp³-hybridized carbons (Fsp3) is 0.192. The molecule has 0 saturated carbocycles. The second-order valence-electron chi connectivity index (χ2n) is 9.48. The van der Waals surface area contributed by atoms with Crippen LogP contribution in [-0.4, -0.2) is 43.0 Å². The molecule has 1 aromatic heterocycles. The highest BCUT2D eigenvalue weighted by atomic mass is 79.9. The molecule has 0 spiro atoms. The number of halogens is 6. The first-order valence-electron chi connectivity index (χ1n) is 12.1. The molecule has 220 valence electrons. The van der Waals surface area contributed by atoms with Crippen molar-refractivity contribution in [3.05, 3.63) is 90.9 Å². The lowest BCUT2D eigenvalue weighted by atomic mass is 9.99. The van der Waals surface area contributed by atoms with Crippen molar-refractivity contribution in [2.24, 2.45) is 0 Å². The Balaban J connectivity index is 1.82. The second kappa shape index (κ2) is 11.2. The van der Waals surface area contributed by atoms with Crippen LogP contribution in [0.2, 0.25) is 5.02 Å². The lowest BCUT2D eigenvalue weighted by Crippen LogP contribution is -2.36. The van der Waals surface area contributed by atoms with Gasteiger partial charge in [0.25, 0.3) is 12.0 Å². The molecule has 0 amide bonds. The lowest BCUT2D eigenvalue weighted by Gasteiger charge is -2.33. The van der Waals surface area contributed by atoms with E-state index in [9.17, 15) is 30.8 Å². The first kappa shape index (κ1) is 29.8. The first-order valence-corrected chi connectivity index (χ1v) is 15.2. The number of amidine groups is 1. The van der Waals surface area contributed by atoms with E-state index in [4.69, 9.17) is 17.0 Å². The van der Waals surface area contributed by atoms with Crippen molar-refractivity contribution in [3.8, 4) is 5.69 Å². The van der Waals surface area contributed by atoms with Gasteiger partial charge in [0.15, 0.2) is 0 Å². The number of fused-ring (bicyclic) bond motifs is 4. The van der Waals surface area contributed by atoms with E-state index in [0.29, 0.717) is 4.47 Å². The number of sulfonamides is 1. The summed E-state index contributed by atoms with van der Waals surface area (Å²) in [6, 6.07) is 8.14. The van der Waals surface area contributed by atoms with Gasteiger partial charge in [0, 0.05) is 17.0 Å². The van der Waals surface area contributed by atoms with E-state index in [0.717, 1.165) is 29.0 Å². The van der Waals surface area contributed by atoms with Gasteiger partial charge in [0.2, 0.25) is 10.0 Å². The molecule has 0 radical (unpaired) electrons. The Morgan fingerprint density at radius 1 is 1.19 bits per heavy atom. The largest absolute Gasteiger partial charge is 0.377 e. The number of alkyl halides is 2. The first-order chi connectivity index (χ1) is 19.7. The molecular formula is C26H20BrClF4N6O3S. The number of benzene rings is 3. The maximum absolute atomic E-state index is 14.0. The van der Waals surface area contributed by atoms with Crippen LogP contribution >= 0.6 is 27.5 Å². The molecule has 4 N–H and O–H groups in total. The van der Waals surface area contributed by atoms with E-state index in [2.05, 4.69) is 31.5 Å². The van der Waals surface area contributed by atoms with E-state index in [-0.39, 0.29) is 56.4 Å². The van der Waals surface area contributed by atoms with E-state index < -0.39 is 52.1 Å². The minimum absolute atomic E-state index is 0.0471. The minimum atomic E-state index is -3.98.